The highest BCUT2D eigenvalue weighted by Gasteiger charge is 2.31. The molecule has 1 fully saturated rings. The molecule has 1 aliphatic rings. The van der Waals surface area contributed by atoms with Crippen LogP contribution in [0.4, 0.5) is 4.79 Å². The largest absolute Gasteiger partial charge is 0.444 e. The molecule has 1 aromatic carbocycles. The van der Waals surface area contributed by atoms with Gasteiger partial charge in [-0.2, -0.15) is 5.10 Å². The average molecular weight is 287 g/mol. The molecule has 0 N–H and O–H groups in total. The van der Waals surface area contributed by atoms with Crippen molar-refractivity contribution >= 4 is 17.0 Å². The summed E-state index contributed by atoms with van der Waals surface area (Å²) < 4.78 is 7.46. The van der Waals surface area contributed by atoms with E-state index in [1.54, 1.807) is 4.90 Å². The zero-order chi connectivity index (χ0) is 15.0. The quantitative estimate of drug-likeness (QED) is 0.809. The Hall–Kier alpha value is -2.04. The summed E-state index contributed by atoms with van der Waals surface area (Å²) in [6, 6.07) is 8.37. The Bertz CT molecular complexity index is 657. The summed E-state index contributed by atoms with van der Waals surface area (Å²) in [5, 5.41) is 5.62. The lowest BCUT2D eigenvalue weighted by Gasteiger charge is -2.24. The fourth-order valence-electron chi connectivity index (χ4n) is 2.72. The first-order valence-corrected chi connectivity index (χ1v) is 7.34. The van der Waals surface area contributed by atoms with E-state index in [2.05, 4.69) is 17.2 Å². The summed E-state index contributed by atoms with van der Waals surface area (Å²) >= 11 is 0. The Morgan fingerprint density at radius 2 is 2.10 bits per heavy atom. The topological polar surface area (TPSA) is 47.4 Å². The second-order valence-corrected chi connectivity index (χ2v) is 6.52. The second-order valence-electron chi connectivity index (χ2n) is 6.52. The van der Waals surface area contributed by atoms with E-state index in [4.69, 9.17) is 4.74 Å². The van der Waals surface area contributed by atoms with Crippen LogP contribution in [0.2, 0.25) is 0 Å². The third kappa shape index (κ3) is 2.86. The molecular weight excluding hydrogens is 266 g/mol. The minimum Gasteiger partial charge on any atom is -0.444 e. The number of carbonyl (C=O) groups is 1. The van der Waals surface area contributed by atoms with Crippen molar-refractivity contribution in [2.75, 3.05) is 13.1 Å². The van der Waals surface area contributed by atoms with Gasteiger partial charge in [-0.15, -0.1) is 0 Å². The Labute approximate surface area is 124 Å². The van der Waals surface area contributed by atoms with Crippen molar-refractivity contribution in [2.24, 2.45) is 0 Å². The molecule has 0 aliphatic carbocycles. The van der Waals surface area contributed by atoms with Crippen molar-refractivity contribution in [2.45, 2.75) is 38.8 Å². The first kappa shape index (κ1) is 13.9. The highest BCUT2D eigenvalue weighted by atomic mass is 16.6. The number of rotatable bonds is 1. The van der Waals surface area contributed by atoms with Gasteiger partial charge in [0.15, 0.2) is 0 Å². The summed E-state index contributed by atoms with van der Waals surface area (Å²) in [4.78, 5) is 13.9. The second kappa shape index (κ2) is 5.06. The molecular formula is C16H21N3O2. The highest BCUT2D eigenvalue weighted by molar-refractivity contribution is 5.78. The maximum absolute atomic E-state index is 12.1. The van der Waals surface area contributed by atoms with E-state index in [0.717, 1.165) is 17.3 Å². The molecule has 0 bridgehead atoms. The number of hydrogen-bond acceptors (Lipinski definition) is 3. The molecule has 5 heteroatoms. The van der Waals surface area contributed by atoms with Crippen LogP contribution < -0.4 is 0 Å². The Kier molecular flexibility index (Phi) is 3.35. The first-order valence-electron chi connectivity index (χ1n) is 7.34. The minimum absolute atomic E-state index is 0.220. The third-order valence-corrected chi connectivity index (χ3v) is 3.67. The van der Waals surface area contributed by atoms with E-state index in [1.807, 2.05) is 43.8 Å². The van der Waals surface area contributed by atoms with Crippen molar-refractivity contribution in [3.05, 3.63) is 30.5 Å². The zero-order valence-corrected chi connectivity index (χ0v) is 12.7. The number of hydrogen-bond donors (Lipinski definition) is 0. The summed E-state index contributed by atoms with van der Waals surface area (Å²) in [6.07, 6.45) is 2.55. The molecule has 1 saturated heterocycles. The summed E-state index contributed by atoms with van der Waals surface area (Å²) in [7, 11) is 0. The number of amides is 1. The standard InChI is InChI=1S/C16H21N3O2/c1-16(2,3)21-15(20)18-9-8-13(11-18)19-14-7-5-4-6-12(14)10-17-19/h4-7,10,13H,8-9,11H2,1-3H3. The zero-order valence-electron chi connectivity index (χ0n) is 12.7. The van der Waals surface area contributed by atoms with Crippen LogP contribution in [-0.4, -0.2) is 39.5 Å². The van der Waals surface area contributed by atoms with Crippen molar-refractivity contribution in [1.29, 1.82) is 0 Å². The Morgan fingerprint density at radius 1 is 1.33 bits per heavy atom. The number of likely N-dealkylation sites (tertiary alicyclic amines) is 1. The van der Waals surface area contributed by atoms with Gasteiger partial charge in [0.1, 0.15) is 5.60 Å². The molecule has 2 aromatic rings. The van der Waals surface area contributed by atoms with Gasteiger partial charge < -0.3 is 9.64 Å². The van der Waals surface area contributed by atoms with E-state index in [9.17, 15) is 4.79 Å². The molecule has 1 unspecified atom stereocenters. The number of carbonyl (C=O) groups excluding carboxylic acids is 1. The van der Waals surface area contributed by atoms with Crippen LogP contribution in [-0.2, 0) is 4.74 Å². The molecule has 0 radical (unpaired) electrons. The molecule has 1 atom stereocenters. The maximum atomic E-state index is 12.1. The number of para-hydroxylation sites is 1. The molecule has 1 amide bonds. The van der Waals surface area contributed by atoms with E-state index >= 15 is 0 Å². The van der Waals surface area contributed by atoms with E-state index in [0.29, 0.717) is 13.1 Å². The van der Waals surface area contributed by atoms with Crippen LogP contribution in [0, 0.1) is 0 Å². The Balaban J connectivity index is 1.74. The first-order chi connectivity index (χ1) is 9.94. The summed E-state index contributed by atoms with van der Waals surface area (Å²) in [5.41, 5.74) is 0.668. The van der Waals surface area contributed by atoms with Crippen molar-refractivity contribution in [3.8, 4) is 0 Å². The third-order valence-electron chi connectivity index (χ3n) is 3.67. The summed E-state index contributed by atoms with van der Waals surface area (Å²) in [6.45, 7) is 7.03. The van der Waals surface area contributed by atoms with Crippen LogP contribution in [0.3, 0.4) is 0 Å². The van der Waals surface area contributed by atoms with Gasteiger partial charge in [-0.1, -0.05) is 18.2 Å². The van der Waals surface area contributed by atoms with E-state index < -0.39 is 5.60 Å². The molecule has 0 spiro atoms. The number of ether oxygens (including phenoxy) is 1. The number of fused-ring (bicyclic) bond motifs is 1. The molecule has 112 valence electrons. The molecule has 0 saturated carbocycles. The summed E-state index contributed by atoms with van der Waals surface area (Å²) in [5.74, 6) is 0. The smallest absolute Gasteiger partial charge is 0.410 e. The number of benzene rings is 1. The molecule has 1 aromatic heterocycles. The highest BCUT2D eigenvalue weighted by Crippen LogP contribution is 2.26. The van der Waals surface area contributed by atoms with E-state index in [-0.39, 0.29) is 12.1 Å². The van der Waals surface area contributed by atoms with Gasteiger partial charge in [-0.3, -0.25) is 4.68 Å². The van der Waals surface area contributed by atoms with Crippen LogP contribution in [0.1, 0.15) is 33.2 Å². The van der Waals surface area contributed by atoms with Crippen molar-refractivity contribution in [1.82, 2.24) is 14.7 Å². The number of aromatic nitrogens is 2. The van der Waals surface area contributed by atoms with Crippen LogP contribution in [0.5, 0.6) is 0 Å². The molecule has 21 heavy (non-hydrogen) atoms. The predicted octanol–water partition coefficient (Wildman–Crippen LogP) is 3.22. The normalized spacial score (nSPS) is 19.2. The van der Waals surface area contributed by atoms with Gasteiger partial charge in [0.2, 0.25) is 0 Å². The lowest BCUT2D eigenvalue weighted by Crippen LogP contribution is -2.35. The lowest BCUT2D eigenvalue weighted by molar-refractivity contribution is 0.0288. The molecule has 5 nitrogen and oxygen atoms in total. The van der Waals surface area contributed by atoms with Gasteiger partial charge in [-0.05, 0) is 33.3 Å². The fraction of sp³-hybridized carbons (Fsp3) is 0.500. The molecule has 2 heterocycles. The van der Waals surface area contributed by atoms with Crippen LogP contribution in [0.15, 0.2) is 30.5 Å². The van der Waals surface area contributed by atoms with Gasteiger partial charge in [0, 0.05) is 18.5 Å². The Morgan fingerprint density at radius 3 is 2.86 bits per heavy atom. The average Bonchev–Trinajstić information content (AvgIpc) is 3.03. The van der Waals surface area contributed by atoms with Gasteiger partial charge in [0.25, 0.3) is 0 Å². The fourth-order valence-corrected chi connectivity index (χ4v) is 2.72. The SMILES string of the molecule is CC(C)(C)OC(=O)N1CCC(n2ncc3ccccc32)C1. The molecule has 3 rings (SSSR count). The minimum atomic E-state index is -0.451. The number of nitrogens with zero attached hydrogens (tertiary/aromatic N) is 3. The van der Waals surface area contributed by atoms with Crippen molar-refractivity contribution < 1.29 is 9.53 Å². The van der Waals surface area contributed by atoms with Crippen LogP contribution in [0.25, 0.3) is 10.9 Å². The predicted molar refractivity (Wildman–Crippen MR) is 81.2 cm³/mol. The van der Waals surface area contributed by atoms with Gasteiger partial charge in [0.05, 0.1) is 17.8 Å². The van der Waals surface area contributed by atoms with Crippen LogP contribution >= 0.6 is 0 Å². The van der Waals surface area contributed by atoms with E-state index in [1.165, 1.54) is 0 Å². The molecule has 1 aliphatic heterocycles. The maximum Gasteiger partial charge on any atom is 0.410 e. The lowest BCUT2D eigenvalue weighted by atomic mass is 10.2. The van der Waals surface area contributed by atoms with Gasteiger partial charge in [-0.25, -0.2) is 4.79 Å². The van der Waals surface area contributed by atoms with Crippen molar-refractivity contribution in [3.63, 3.8) is 0 Å². The van der Waals surface area contributed by atoms with Gasteiger partial charge >= 0.3 is 6.09 Å². The monoisotopic (exact) mass is 287 g/mol.